The van der Waals surface area contributed by atoms with Gasteiger partial charge in [-0.15, -0.1) is 11.3 Å². The second-order valence-corrected chi connectivity index (χ2v) is 5.42. The van der Waals surface area contributed by atoms with Gasteiger partial charge in [-0.1, -0.05) is 0 Å². The molecular weight excluding hydrogens is 286 g/mol. The quantitative estimate of drug-likeness (QED) is 0.750. The number of aldehydes is 1. The van der Waals surface area contributed by atoms with Gasteiger partial charge in [0.25, 0.3) is 0 Å². The second-order valence-electron chi connectivity index (χ2n) is 4.56. The van der Waals surface area contributed by atoms with Crippen LogP contribution in [0.3, 0.4) is 0 Å². The van der Waals surface area contributed by atoms with E-state index in [2.05, 4.69) is 20.4 Å². The molecule has 3 heterocycles. The van der Waals surface area contributed by atoms with E-state index in [9.17, 15) is 4.79 Å². The van der Waals surface area contributed by atoms with E-state index in [0.29, 0.717) is 11.4 Å². The van der Waals surface area contributed by atoms with Crippen LogP contribution in [0.1, 0.15) is 16.1 Å². The largest absolute Gasteiger partial charge is 0.316 e. The Morgan fingerprint density at radius 3 is 2.86 bits per heavy atom. The van der Waals surface area contributed by atoms with Crippen molar-refractivity contribution in [1.82, 2.24) is 19.7 Å². The molecule has 0 atom stereocenters. The van der Waals surface area contributed by atoms with Gasteiger partial charge in [-0.3, -0.25) is 9.48 Å². The summed E-state index contributed by atoms with van der Waals surface area (Å²) in [5.41, 5.74) is 3.40. The normalized spacial score (nSPS) is 10.6. The summed E-state index contributed by atoms with van der Waals surface area (Å²) in [7, 11) is 1.89. The molecule has 0 radical (unpaired) electrons. The Hall–Kier alpha value is -2.54. The molecule has 3 rings (SSSR count). The first kappa shape index (κ1) is 13.4. The van der Waals surface area contributed by atoms with E-state index in [4.69, 9.17) is 0 Å². The molecule has 21 heavy (non-hydrogen) atoms. The van der Waals surface area contributed by atoms with Crippen molar-refractivity contribution in [3.05, 3.63) is 41.2 Å². The van der Waals surface area contributed by atoms with Crippen LogP contribution in [0, 0.1) is 6.92 Å². The van der Waals surface area contributed by atoms with Gasteiger partial charge in [0.2, 0.25) is 0 Å². The van der Waals surface area contributed by atoms with Crippen LogP contribution in [0.15, 0.2) is 29.9 Å². The first-order valence-electron chi connectivity index (χ1n) is 6.30. The molecule has 0 aliphatic carbocycles. The predicted molar refractivity (Wildman–Crippen MR) is 82.0 cm³/mol. The van der Waals surface area contributed by atoms with Gasteiger partial charge < -0.3 is 5.32 Å². The first-order valence-corrected chi connectivity index (χ1v) is 7.18. The van der Waals surface area contributed by atoms with Crippen molar-refractivity contribution in [2.75, 3.05) is 5.32 Å². The third-order valence-electron chi connectivity index (χ3n) is 2.95. The molecular formula is C14H13N5OS. The molecule has 0 aromatic carbocycles. The Morgan fingerprint density at radius 1 is 1.38 bits per heavy atom. The van der Waals surface area contributed by atoms with Crippen molar-refractivity contribution >= 4 is 28.6 Å². The van der Waals surface area contributed by atoms with Crippen molar-refractivity contribution in [2.24, 2.45) is 7.05 Å². The van der Waals surface area contributed by atoms with E-state index >= 15 is 0 Å². The molecule has 0 fully saturated rings. The molecule has 0 unspecified atom stereocenters. The molecule has 0 bridgehead atoms. The number of anilines is 2. The average Bonchev–Trinajstić information content (AvgIpc) is 3.06. The highest BCUT2D eigenvalue weighted by Crippen LogP contribution is 2.28. The maximum atomic E-state index is 10.6. The third-order valence-corrected chi connectivity index (χ3v) is 3.71. The Bertz CT molecular complexity index is 775. The summed E-state index contributed by atoms with van der Waals surface area (Å²) in [4.78, 5) is 19.3. The Morgan fingerprint density at radius 2 is 2.24 bits per heavy atom. The summed E-state index contributed by atoms with van der Waals surface area (Å²) < 4.78 is 1.77. The van der Waals surface area contributed by atoms with Gasteiger partial charge >= 0.3 is 0 Å². The Labute approximate surface area is 125 Å². The molecule has 1 N–H and O–H groups in total. The highest BCUT2D eigenvalue weighted by Gasteiger charge is 2.10. The molecule has 0 spiro atoms. The van der Waals surface area contributed by atoms with Gasteiger partial charge in [-0.25, -0.2) is 9.97 Å². The lowest BCUT2D eigenvalue weighted by molar-refractivity contribution is 0.112. The number of aryl methyl sites for hydroxylation is 2. The van der Waals surface area contributed by atoms with Crippen LogP contribution in [0.4, 0.5) is 10.9 Å². The summed E-state index contributed by atoms with van der Waals surface area (Å²) in [5, 5.41) is 10.2. The van der Waals surface area contributed by atoms with Crippen molar-refractivity contribution in [2.45, 2.75) is 6.92 Å². The molecule has 6 nitrogen and oxygen atoms in total. The van der Waals surface area contributed by atoms with Gasteiger partial charge in [0.1, 0.15) is 5.82 Å². The fourth-order valence-electron chi connectivity index (χ4n) is 1.96. The van der Waals surface area contributed by atoms with Crippen LogP contribution in [0.25, 0.3) is 11.3 Å². The fourth-order valence-corrected chi connectivity index (χ4v) is 2.68. The zero-order valence-electron chi connectivity index (χ0n) is 11.6. The van der Waals surface area contributed by atoms with E-state index in [1.807, 2.05) is 25.5 Å². The minimum absolute atomic E-state index is 0.548. The molecule has 0 saturated heterocycles. The molecule has 7 heteroatoms. The lowest BCUT2D eigenvalue weighted by Gasteiger charge is -2.00. The maximum absolute atomic E-state index is 10.6. The smallest absolute Gasteiger partial charge is 0.188 e. The summed E-state index contributed by atoms with van der Waals surface area (Å²) >= 11 is 1.50. The lowest BCUT2D eigenvalue weighted by Crippen LogP contribution is -1.93. The van der Waals surface area contributed by atoms with Crippen LogP contribution in [-0.4, -0.2) is 26.0 Å². The molecule has 106 valence electrons. The highest BCUT2D eigenvalue weighted by atomic mass is 32.1. The van der Waals surface area contributed by atoms with Crippen LogP contribution >= 0.6 is 11.3 Å². The zero-order valence-corrected chi connectivity index (χ0v) is 12.4. The fraction of sp³-hybridized carbons (Fsp3) is 0.143. The SMILES string of the molecule is Cc1nn(C)cc1-c1csc(Nc2ccc(C=O)cn2)n1. The maximum Gasteiger partial charge on any atom is 0.188 e. The van der Waals surface area contributed by atoms with Gasteiger partial charge in [-0.05, 0) is 19.1 Å². The standard InChI is InChI=1S/C14H13N5OS/c1-9-11(6-19(2)18-9)12-8-21-14(16-12)17-13-4-3-10(7-20)5-15-13/h3-8H,1-2H3,(H,15,16,17). The number of hydrogen-bond acceptors (Lipinski definition) is 6. The first-order chi connectivity index (χ1) is 10.2. The molecule has 0 aliphatic rings. The van der Waals surface area contributed by atoms with Crippen molar-refractivity contribution in [1.29, 1.82) is 0 Å². The number of carbonyl (C=O) groups excluding carboxylic acids is 1. The number of rotatable bonds is 4. The second kappa shape index (κ2) is 5.45. The minimum Gasteiger partial charge on any atom is -0.316 e. The summed E-state index contributed by atoms with van der Waals surface area (Å²) in [5.74, 6) is 0.657. The van der Waals surface area contributed by atoms with Gasteiger partial charge in [0, 0.05) is 35.9 Å². The minimum atomic E-state index is 0.548. The van der Waals surface area contributed by atoms with Crippen molar-refractivity contribution in [3.63, 3.8) is 0 Å². The van der Waals surface area contributed by atoms with E-state index < -0.39 is 0 Å². The van der Waals surface area contributed by atoms with Crippen LogP contribution in [-0.2, 0) is 7.05 Å². The van der Waals surface area contributed by atoms with Gasteiger partial charge in [-0.2, -0.15) is 5.10 Å². The van der Waals surface area contributed by atoms with Crippen molar-refractivity contribution in [3.8, 4) is 11.3 Å². The van der Waals surface area contributed by atoms with Gasteiger partial charge in [0.15, 0.2) is 11.4 Å². The van der Waals surface area contributed by atoms with E-state index in [0.717, 1.165) is 28.4 Å². The number of nitrogens with zero attached hydrogens (tertiary/aromatic N) is 4. The van der Waals surface area contributed by atoms with Gasteiger partial charge in [0.05, 0.1) is 11.4 Å². The zero-order chi connectivity index (χ0) is 14.8. The van der Waals surface area contributed by atoms with E-state index in [-0.39, 0.29) is 0 Å². The summed E-state index contributed by atoms with van der Waals surface area (Å²) in [6.45, 7) is 1.96. The number of nitrogens with one attached hydrogen (secondary N) is 1. The topological polar surface area (TPSA) is 72.7 Å². The molecule has 3 aromatic rings. The van der Waals surface area contributed by atoms with E-state index in [1.165, 1.54) is 17.5 Å². The Kier molecular flexibility index (Phi) is 3.49. The average molecular weight is 299 g/mol. The predicted octanol–water partition coefficient (Wildman–Crippen LogP) is 2.80. The lowest BCUT2D eigenvalue weighted by atomic mass is 10.2. The van der Waals surface area contributed by atoms with E-state index in [1.54, 1.807) is 16.8 Å². The third kappa shape index (κ3) is 2.82. The number of carbonyl (C=O) groups is 1. The van der Waals surface area contributed by atoms with Crippen LogP contribution < -0.4 is 5.32 Å². The summed E-state index contributed by atoms with van der Waals surface area (Å²) in [6.07, 6.45) is 4.24. The molecule has 0 amide bonds. The Balaban J connectivity index is 1.81. The highest BCUT2D eigenvalue weighted by molar-refractivity contribution is 7.14. The van der Waals surface area contributed by atoms with Crippen LogP contribution in [0.2, 0.25) is 0 Å². The number of pyridine rings is 1. The monoisotopic (exact) mass is 299 g/mol. The molecule has 3 aromatic heterocycles. The number of aromatic nitrogens is 4. The molecule has 0 saturated carbocycles. The summed E-state index contributed by atoms with van der Waals surface area (Å²) in [6, 6.07) is 3.46. The number of hydrogen-bond donors (Lipinski definition) is 1. The molecule has 0 aliphatic heterocycles. The van der Waals surface area contributed by atoms with Crippen LogP contribution in [0.5, 0.6) is 0 Å². The number of thiazole rings is 1. The van der Waals surface area contributed by atoms with Crippen molar-refractivity contribution < 1.29 is 4.79 Å².